The third-order valence-corrected chi connectivity index (χ3v) is 2.31. The van der Waals surface area contributed by atoms with Crippen LogP contribution in [0.1, 0.15) is 23.6 Å². The lowest BCUT2D eigenvalue weighted by Crippen LogP contribution is -2.15. The molecule has 0 fully saturated rings. The van der Waals surface area contributed by atoms with Crippen LogP contribution in [0.5, 0.6) is 5.75 Å². The van der Waals surface area contributed by atoms with Crippen molar-refractivity contribution in [3.8, 4) is 5.75 Å². The van der Waals surface area contributed by atoms with E-state index in [4.69, 9.17) is 10.8 Å². The van der Waals surface area contributed by atoms with E-state index >= 15 is 0 Å². The van der Waals surface area contributed by atoms with Crippen LogP contribution in [-0.4, -0.2) is 16.2 Å². The minimum absolute atomic E-state index is 0.0659. The summed E-state index contributed by atoms with van der Waals surface area (Å²) in [6.45, 7) is 3.58. The molecule has 0 saturated heterocycles. The molecule has 1 aromatic rings. The highest BCUT2D eigenvalue weighted by molar-refractivity contribution is 5.68. The smallest absolute Gasteiger partial charge is 0.305 e. The number of para-hydroxylation sites is 1. The molecule has 0 aliphatic rings. The van der Waals surface area contributed by atoms with E-state index in [1.165, 1.54) is 0 Å². The van der Waals surface area contributed by atoms with Crippen molar-refractivity contribution in [1.29, 1.82) is 0 Å². The summed E-state index contributed by atoms with van der Waals surface area (Å²) in [4.78, 5) is 10.5. The van der Waals surface area contributed by atoms with Gasteiger partial charge in [0.25, 0.3) is 0 Å². The van der Waals surface area contributed by atoms with Crippen molar-refractivity contribution in [3.05, 3.63) is 42.0 Å². The van der Waals surface area contributed by atoms with Crippen LogP contribution in [0, 0.1) is 0 Å². The Kier molecular flexibility index (Phi) is 4.08. The summed E-state index contributed by atoms with van der Waals surface area (Å²) < 4.78 is 0. The van der Waals surface area contributed by atoms with Gasteiger partial charge in [0.15, 0.2) is 0 Å². The predicted octanol–water partition coefficient (Wildman–Crippen LogP) is 1.60. The quantitative estimate of drug-likeness (QED) is 0.659. The molecule has 0 radical (unpaired) electrons. The lowest BCUT2D eigenvalue weighted by Gasteiger charge is -2.13. The van der Waals surface area contributed by atoms with Crippen LogP contribution >= 0.6 is 0 Å². The van der Waals surface area contributed by atoms with Crippen molar-refractivity contribution in [3.63, 3.8) is 0 Å². The van der Waals surface area contributed by atoms with Gasteiger partial charge in [-0.15, -0.1) is 6.58 Å². The molecule has 0 heterocycles. The number of phenolic OH excluding ortho intramolecular Hbond substituents is 1. The third kappa shape index (κ3) is 2.84. The molecule has 0 saturated carbocycles. The second kappa shape index (κ2) is 5.32. The Balaban J connectivity index is 2.99. The van der Waals surface area contributed by atoms with Gasteiger partial charge in [-0.05, 0) is 12.0 Å². The molecule has 4 nitrogen and oxygen atoms in total. The van der Waals surface area contributed by atoms with Crippen LogP contribution < -0.4 is 5.73 Å². The molecule has 1 aromatic carbocycles. The zero-order valence-electron chi connectivity index (χ0n) is 8.89. The van der Waals surface area contributed by atoms with Gasteiger partial charge in [-0.2, -0.15) is 0 Å². The molecular formula is C12H15NO3. The van der Waals surface area contributed by atoms with Crippen LogP contribution in [0.4, 0.5) is 0 Å². The summed E-state index contributed by atoms with van der Waals surface area (Å²) >= 11 is 0. The molecule has 1 rings (SSSR count). The maximum atomic E-state index is 10.5. The van der Waals surface area contributed by atoms with E-state index in [1.54, 1.807) is 24.3 Å². The Hall–Kier alpha value is -1.81. The Morgan fingerprint density at radius 3 is 2.81 bits per heavy atom. The zero-order valence-corrected chi connectivity index (χ0v) is 8.89. The Morgan fingerprint density at radius 2 is 2.25 bits per heavy atom. The largest absolute Gasteiger partial charge is 0.507 e. The molecular weight excluding hydrogens is 206 g/mol. The fraction of sp³-hybridized carbons (Fsp3) is 0.250. The summed E-state index contributed by atoms with van der Waals surface area (Å²) in [5.74, 6) is -0.919. The van der Waals surface area contributed by atoms with Crippen LogP contribution in [0.25, 0.3) is 0 Å². The van der Waals surface area contributed by atoms with Gasteiger partial charge >= 0.3 is 5.97 Å². The molecule has 0 bridgehead atoms. The van der Waals surface area contributed by atoms with Crippen LogP contribution in [0.15, 0.2) is 30.9 Å². The highest BCUT2D eigenvalue weighted by atomic mass is 16.4. The number of aromatic hydroxyl groups is 1. The summed E-state index contributed by atoms with van der Waals surface area (Å²) in [6, 6.07) is 4.45. The molecule has 0 aliphatic carbocycles. The van der Waals surface area contributed by atoms with Gasteiger partial charge in [0.05, 0.1) is 6.42 Å². The number of rotatable bonds is 5. The first-order chi connectivity index (χ1) is 7.56. The number of carboxylic acids is 1. The minimum atomic E-state index is -0.985. The lowest BCUT2D eigenvalue weighted by atomic mass is 9.99. The number of benzene rings is 1. The molecule has 16 heavy (non-hydrogen) atoms. The van der Waals surface area contributed by atoms with Gasteiger partial charge < -0.3 is 15.9 Å². The van der Waals surface area contributed by atoms with Gasteiger partial charge in [0.1, 0.15) is 5.75 Å². The van der Waals surface area contributed by atoms with Crippen molar-refractivity contribution < 1.29 is 15.0 Å². The monoisotopic (exact) mass is 221 g/mol. The van der Waals surface area contributed by atoms with E-state index in [9.17, 15) is 9.90 Å². The number of phenols is 1. The number of carboxylic acid groups (broad SMARTS) is 1. The number of nitrogens with two attached hydrogens (primary N) is 1. The topological polar surface area (TPSA) is 83.6 Å². The van der Waals surface area contributed by atoms with Crippen molar-refractivity contribution >= 4 is 5.97 Å². The Bertz CT molecular complexity index is 401. The van der Waals surface area contributed by atoms with Gasteiger partial charge in [-0.3, -0.25) is 4.79 Å². The van der Waals surface area contributed by atoms with Crippen molar-refractivity contribution in [2.45, 2.75) is 18.9 Å². The van der Waals surface area contributed by atoms with Crippen molar-refractivity contribution in [2.24, 2.45) is 5.73 Å². The molecule has 86 valence electrons. The van der Waals surface area contributed by atoms with E-state index in [0.29, 0.717) is 17.5 Å². The SMILES string of the molecule is C=CCc1cccc(C(N)CC(=O)O)c1O. The molecule has 1 atom stereocenters. The number of carbonyl (C=O) groups is 1. The first-order valence-corrected chi connectivity index (χ1v) is 4.95. The molecule has 0 aromatic heterocycles. The van der Waals surface area contributed by atoms with Crippen LogP contribution in [-0.2, 0) is 11.2 Å². The molecule has 1 unspecified atom stereocenters. The van der Waals surface area contributed by atoms with Gasteiger partial charge in [-0.1, -0.05) is 24.3 Å². The van der Waals surface area contributed by atoms with Crippen LogP contribution in [0.3, 0.4) is 0 Å². The fourth-order valence-corrected chi connectivity index (χ4v) is 1.53. The van der Waals surface area contributed by atoms with Gasteiger partial charge in [0, 0.05) is 11.6 Å². The number of hydrogen-bond acceptors (Lipinski definition) is 3. The van der Waals surface area contributed by atoms with E-state index in [2.05, 4.69) is 6.58 Å². The first kappa shape index (κ1) is 12.3. The van der Waals surface area contributed by atoms with E-state index in [0.717, 1.165) is 0 Å². The number of allylic oxidation sites excluding steroid dienone is 1. The zero-order chi connectivity index (χ0) is 12.1. The molecule has 0 aliphatic heterocycles. The summed E-state index contributed by atoms with van der Waals surface area (Å²) in [5, 5.41) is 18.5. The van der Waals surface area contributed by atoms with E-state index in [-0.39, 0.29) is 12.2 Å². The summed E-state index contributed by atoms with van der Waals surface area (Å²) in [5.41, 5.74) is 6.86. The van der Waals surface area contributed by atoms with Crippen molar-refractivity contribution in [1.82, 2.24) is 0 Å². The number of aliphatic carboxylic acids is 1. The lowest BCUT2D eigenvalue weighted by molar-refractivity contribution is -0.137. The normalized spacial score (nSPS) is 12.1. The molecule has 0 spiro atoms. The summed E-state index contributed by atoms with van der Waals surface area (Å²) in [7, 11) is 0. The highest BCUT2D eigenvalue weighted by Crippen LogP contribution is 2.28. The highest BCUT2D eigenvalue weighted by Gasteiger charge is 2.15. The van der Waals surface area contributed by atoms with E-state index in [1.807, 2.05) is 0 Å². The molecule has 4 heteroatoms. The third-order valence-electron chi connectivity index (χ3n) is 2.31. The summed E-state index contributed by atoms with van der Waals surface area (Å²) in [6.07, 6.45) is 1.99. The second-order valence-electron chi connectivity index (χ2n) is 3.55. The molecule has 4 N–H and O–H groups in total. The average Bonchev–Trinajstić information content (AvgIpc) is 2.20. The standard InChI is InChI=1S/C12H15NO3/c1-2-4-8-5-3-6-9(12(8)16)10(13)7-11(14)15/h2-3,5-6,10,16H,1,4,7,13H2,(H,14,15). The Labute approximate surface area is 94.0 Å². The average molecular weight is 221 g/mol. The Morgan fingerprint density at radius 1 is 1.56 bits per heavy atom. The van der Waals surface area contributed by atoms with Crippen molar-refractivity contribution in [2.75, 3.05) is 0 Å². The predicted molar refractivity (Wildman–Crippen MR) is 61.2 cm³/mol. The second-order valence-corrected chi connectivity index (χ2v) is 3.55. The minimum Gasteiger partial charge on any atom is -0.507 e. The molecule has 0 amide bonds. The van der Waals surface area contributed by atoms with Crippen LogP contribution in [0.2, 0.25) is 0 Å². The maximum absolute atomic E-state index is 10.5. The number of hydrogen-bond donors (Lipinski definition) is 3. The van der Waals surface area contributed by atoms with Gasteiger partial charge in [0.2, 0.25) is 0 Å². The van der Waals surface area contributed by atoms with E-state index < -0.39 is 12.0 Å². The maximum Gasteiger partial charge on any atom is 0.305 e. The van der Waals surface area contributed by atoms with Gasteiger partial charge in [-0.25, -0.2) is 0 Å². The first-order valence-electron chi connectivity index (χ1n) is 4.95. The fourth-order valence-electron chi connectivity index (χ4n) is 1.53.